The van der Waals surface area contributed by atoms with E-state index >= 15 is 0 Å². The minimum atomic E-state index is -0.246. The zero-order chi connectivity index (χ0) is 12.6. The van der Waals surface area contributed by atoms with E-state index in [1.807, 2.05) is 10.7 Å². The average molecular weight is 297 g/mol. The zero-order valence-corrected chi connectivity index (χ0v) is 11.6. The van der Waals surface area contributed by atoms with Crippen LogP contribution in [0.15, 0.2) is 34.9 Å². The quantitative estimate of drug-likeness (QED) is 0.771. The molecule has 2 aromatic rings. The second-order valence-corrected chi connectivity index (χ2v) is 5.78. The molecule has 1 aromatic heterocycles. The van der Waals surface area contributed by atoms with Gasteiger partial charge in [-0.05, 0) is 45.0 Å². The minimum absolute atomic E-state index is 0.134. The number of aromatic nitrogens is 2. The molecule has 2 nitrogen and oxygen atoms in total. The maximum Gasteiger partial charge on any atom is 0.123 e. The number of hydrogen-bond donors (Lipinski definition) is 0. The van der Waals surface area contributed by atoms with Crippen LogP contribution < -0.4 is 0 Å². The molecule has 4 heteroatoms. The summed E-state index contributed by atoms with van der Waals surface area (Å²) in [7, 11) is 0. The number of hydrogen-bond acceptors (Lipinski definition) is 1. The Morgan fingerprint density at radius 2 is 1.94 bits per heavy atom. The first-order chi connectivity index (χ1) is 7.89. The summed E-state index contributed by atoms with van der Waals surface area (Å²) in [5.74, 6) is -0.246. The molecule has 0 fully saturated rings. The summed E-state index contributed by atoms with van der Waals surface area (Å²) in [5.41, 5.74) is 1.59. The Labute approximate surface area is 109 Å². The highest BCUT2D eigenvalue weighted by Gasteiger charge is 2.19. The predicted molar refractivity (Wildman–Crippen MR) is 70.3 cm³/mol. The fourth-order valence-corrected chi connectivity index (χ4v) is 2.19. The predicted octanol–water partition coefficient (Wildman–Crippen LogP) is 4.21. The van der Waals surface area contributed by atoms with Gasteiger partial charge in [-0.1, -0.05) is 15.9 Å². The molecule has 90 valence electrons. The first kappa shape index (κ1) is 12.3. The van der Waals surface area contributed by atoms with Gasteiger partial charge in [0.15, 0.2) is 0 Å². The van der Waals surface area contributed by atoms with Crippen LogP contribution >= 0.6 is 15.9 Å². The van der Waals surface area contributed by atoms with Gasteiger partial charge in [0.2, 0.25) is 0 Å². The van der Waals surface area contributed by atoms with Crippen LogP contribution in [0.4, 0.5) is 4.39 Å². The Hall–Kier alpha value is -1.16. The van der Waals surface area contributed by atoms with E-state index in [2.05, 4.69) is 41.8 Å². The third-order valence-electron chi connectivity index (χ3n) is 2.48. The van der Waals surface area contributed by atoms with E-state index in [-0.39, 0.29) is 11.4 Å². The fraction of sp³-hybridized carbons (Fsp3) is 0.308. The van der Waals surface area contributed by atoms with Crippen molar-refractivity contribution in [3.63, 3.8) is 0 Å². The van der Waals surface area contributed by atoms with Gasteiger partial charge in [0.05, 0.1) is 11.2 Å². The molecule has 1 heterocycles. The third-order valence-corrected chi connectivity index (χ3v) is 3.17. The topological polar surface area (TPSA) is 17.8 Å². The summed E-state index contributed by atoms with van der Waals surface area (Å²) < 4.78 is 16.1. The smallest absolute Gasteiger partial charge is 0.123 e. The Bertz CT molecular complexity index is 541. The highest BCUT2D eigenvalue weighted by molar-refractivity contribution is 9.10. The Morgan fingerprint density at radius 1 is 1.24 bits per heavy atom. The van der Waals surface area contributed by atoms with Gasteiger partial charge in [-0.3, -0.25) is 4.68 Å². The van der Waals surface area contributed by atoms with Gasteiger partial charge < -0.3 is 0 Å². The number of nitrogens with zero attached hydrogens (tertiary/aromatic N) is 2. The first-order valence-corrected chi connectivity index (χ1v) is 6.19. The molecule has 17 heavy (non-hydrogen) atoms. The molecule has 0 atom stereocenters. The number of halogens is 2. The van der Waals surface area contributed by atoms with Crippen LogP contribution in [0, 0.1) is 5.82 Å². The van der Waals surface area contributed by atoms with Crippen molar-refractivity contribution in [3.05, 3.63) is 40.8 Å². The lowest BCUT2D eigenvalue weighted by Crippen LogP contribution is -2.23. The minimum Gasteiger partial charge on any atom is -0.260 e. The van der Waals surface area contributed by atoms with Crippen LogP contribution in [0.1, 0.15) is 20.8 Å². The molecule has 0 unspecified atom stereocenters. The van der Waals surface area contributed by atoms with E-state index in [1.165, 1.54) is 12.1 Å². The number of rotatable bonds is 1. The van der Waals surface area contributed by atoms with Gasteiger partial charge in [-0.2, -0.15) is 5.10 Å². The molecular weight excluding hydrogens is 283 g/mol. The van der Waals surface area contributed by atoms with Gasteiger partial charge in [-0.15, -0.1) is 0 Å². The van der Waals surface area contributed by atoms with E-state index in [4.69, 9.17) is 0 Å². The van der Waals surface area contributed by atoms with Crippen LogP contribution in [0.2, 0.25) is 0 Å². The number of benzene rings is 1. The van der Waals surface area contributed by atoms with E-state index in [0.29, 0.717) is 0 Å². The first-order valence-electron chi connectivity index (χ1n) is 5.39. The standard InChI is InChI=1S/C13H14BrFN2/c1-13(2,3)17-12(6-7-16-17)10-8-9(15)4-5-11(10)14/h4-8H,1-3H3. The molecule has 0 aliphatic rings. The van der Waals surface area contributed by atoms with Crippen molar-refractivity contribution in [1.29, 1.82) is 0 Å². The fourth-order valence-electron chi connectivity index (χ4n) is 1.74. The zero-order valence-electron chi connectivity index (χ0n) is 10.0. The second kappa shape index (κ2) is 4.26. The van der Waals surface area contributed by atoms with Crippen molar-refractivity contribution in [2.24, 2.45) is 0 Å². The van der Waals surface area contributed by atoms with E-state index in [0.717, 1.165) is 15.7 Å². The molecule has 0 bridgehead atoms. The van der Waals surface area contributed by atoms with Gasteiger partial charge in [0.25, 0.3) is 0 Å². The Kier molecular flexibility index (Phi) is 3.08. The molecule has 0 saturated carbocycles. The van der Waals surface area contributed by atoms with Crippen LogP contribution in [0.5, 0.6) is 0 Å². The van der Waals surface area contributed by atoms with Gasteiger partial charge in [0, 0.05) is 16.2 Å². The Morgan fingerprint density at radius 3 is 2.59 bits per heavy atom. The summed E-state index contributed by atoms with van der Waals surface area (Å²) in [6.07, 6.45) is 1.73. The van der Waals surface area contributed by atoms with E-state index < -0.39 is 0 Å². The summed E-state index contributed by atoms with van der Waals surface area (Å²) >= 11 is 3.44. The lowest BCUT2D eigenvalue weighted by molar-refractivity contribution is 0.360. The van der Waals surface area contributed by atoms with Crippen molar-refractivity contribution in [1.82, 2.24) is 9.78 Å². The van der Waals surface area contributed by atoms with Crippen molar-refractivity contribution >= 4 is 15.9 Å². The molecule has 0 aliphatic carbocycles. The van der Waals surface area contributed by atoms with Gasteiger partial charge >= 0.3 is 0 Å². The molecule has 1 aromatic carbocycles. The summed E-state index contributed by atoms with van der Waals surface area (Å²) in [6, 6.07) is 6.56. The van der Waals surface area contributed by atoms with Crippen molar-refractivity contribution in [3.8, 4) is 11.3 Å². The highest BCUT2D eigenvalue weighted by Crippen LogP contribution is 2.31. The molecule has 0 radical (unpaired) electrons. The lowest BCUT2D eigenvalue weighted by atomic mass is 10.1. The van der Waals surface area contributed by atoms with Crippen LogP contribution in [0.25, 0.3) is 11.3 Å². The van der Waals surface area contributed by atoms with E-state index in [1.54, 1.807) is 12.3 Å². The third kappa shape index (κ3) is 2.41. The molecule has 0 amide bonds. The second-order valence-electron chi connectivity index (χ2n) is 4.92. The van der Waals surface area contributed by atoms with Gasteiger partial charge in [-0.25, -0.2) is 4.39 Å². The summed E-state index contributed by atoms with van der Waals surface area (Å²) in [5, 5.41) is 4.31. The van der Waals surface area contributed by atoms with Crippen LogP contribution in [-0.2, 0) is 5.54 Å². The van der Waals surface area contributed by atoms with Crippen LogP contribution in [0.3, 0.4) is 0 Å². The average Bonchev–Trinajstić information content (AvgIpc) is 2.69. The van der Waals surface area contributed by atoms with Crippen molar-refractivity contribution in [2.75, 3.05) is 0 Å². The Balaban J connectivity index is 2.61. The van der Waals surface area contributed by atoms with E-state index in [9.17, 15) is 4.39 Å². The normalized spacial score (nSPS) is 11.8. The lowest BCUT2D eigenvalue weighted by Gasteiger charge is -2.22. The molecule has 0 spiro atoms. The van der Waals surface area contributed by atoms with Crippen molar-refractivity contribution in [2.45, 2.75) is 26.3 Å². The largest absolute Gasteiger partial charge is 0.260 e. The monoisotopic (exact) mass is 296 g/mol. The molecule has 2 rings (SSSR count). The van der Waals surface area contributed by atoms with Crippen LogP contribution in [-0.4, -0.2) is 9.78 Å². The maximum absolute atomic E-state index is 13.3. The molecular formula is C13H14BrFN2. The SMILES string of the molecule is CC(C)(C)n1nccc1-c1cc(F)ccc1Br. The summed E-state index contributed by atoms with van der Waals surface area (Å²) in [6.45, 7) is 6.20. The summed E-state index contributed by atoms with van der Waals surface area (Å²) in [4.78, 5) is 0. The molecule has 0 aliphatic heterocycles. The highest BCUT2D eigenvalue weighted by atomic mass is 79.9. The maximum atomic E-state index is 13.3. The molecule has 0 N–H and O–H groups in total. The van der Waals surface area contributed by atoms with Gasteiger partial charge in [0.1, 0.15) is 5.82 Å². The molecule has 0 saturated heterocycles. The van der Waals surface area contributed by atoms with Crippen molar-refractivity contribution < 1.29 is 4.39 Å².